The second kappa shape index (κ2) is 16.8. The average Bonchev–Trinajstić information content (AvgIpc) is 2.64. The zero-order valence-electron chi connectivity index (χ0n) is 19.2. The van der Waals surface area contributed by atoms with Gasteiger partial charge in [0.15, 0.2) is 0 Å². The summed E-state index contributed by atoms with van der Waals surface area (Å²) in [6.07, 6.45) is 1.30. The fourth-order valence-electron chi connectivity index (χ4n) is 2.63. The third-order valence-corrected chi connectivity index (χ3v) is 4.22. The smallest absolute Gasteiger partial charge is 0.242 e. The normalized spacial score (nSPS) is 12.0. The molecule has 0 saturated carbocycles. The Hall–Kier alpha value is -2.00. The molecule has 0 aliphatic rings. The lowest BCUT2D eigenvalue weighted by Crippen LogP contribution is -2.48. The Morgan fingerprint density at radius 2 is 1.27 bits per heavy atom. The van der Waals surface area contributed by atoms with Crippen LogP contribution >= 0.6 is 0 Å². The Kier molecular flexibility index (Phi) is 15.6. The van der Waals surface area contributed by atoms with E-state index in [0.717, 1.165) is 0 Å². The molecule has 3 amide bonds. The maximum Gasteiger partial charge on any atom is 0.242 e. The van der Waals surface area contributed by atoms with Crippen LogP contribution in [0.15, 0.2) is 0 Å². The van der Waals surface area contributed by atoms with Crippen LogP contribution in [-0.4, -0.2) is 67.8 Å². The molecule has 0 saturated heterocycles. The van der Waals surface area contributed by atoms with Gasteiger partial charge in [-0.15, -0.1) is 0 Å². The predicted octanol–water partition coefficient (Wildman–Crippen LogP) is 0.239. The summed E-state index contributed by atoms with van der Waals surface area (Å²) in [6.45, 7) is 11.8. The maximum absolute atomic E-state index is 12.5. The quantitative estimate of drug-likeness (QED) is 0.212. The van der Waals surface area contributed by atoms with E-state index in [0.29, 0.717) is 51.1 Å². The van der Waals surface area contributed by atoms with Gasteiger partial charge in [-0.25, -0.2) is 0 Å². The Balaban J connectivity index is 4.53. The van der Waals surface area contributed by atoms with E-state index in [2.05, 4.69) is 26.6 Å². The second-order valence-corrected chi connectivity index (χ2v) is 8.07. The molecular formula is C21H41N5O4. The van der Waals surface area contributed by atoms with E-state index < -0.39 is 6.04 Å². The van der Waals surface area contributed by atoms with Gasteiger partial charge in [-0.1, -0.05) is 27.7 Å². The zero-order chi connectivity index (χ0) is 22.9. The van der Waals surface area contributed by atoms with Crippen LogP contribution in [0.1, 0.15) is 66.7 Å². The number of hydrogen-bond donors (Lipinski definition) is 5. The molecule has 0 radical (unpaired) electrons. The van der Waals surface area contributed by atoms with Crippen LogP contribution in [0.3, 0.4) is 0 Å². The minimum absolute atomic E-state index is 0.0263. The third-order valence-electron chi connectivity index (χ3n) is 4.22. The molecule has 174 valence electrons. The Morgan fingerprint density at radius 3 is 1.80 bits per heavy atom. The van der Waals surface area contributed by atoms with Crippen LogP contribution in [-0.2, 0) is 19.2 Å². The molecule has 9 heteroatoms. The van der Waals surface area contributed by atoms with Crippen molar-refractivity contribution in [1.82, 2.24) is 26.6 Å². The molecule has 0 heterocycles. The maximum atomic E-state index is 12.5. The molecule has 0 aliphatic carbocycles. The highest BCUT2D eigenvalue weighted by molar-refractivity contribution is 5.88. The summed E-state index contributed by atoms with van der Waals surface area (Å²) in [6, 6.07) is -0.126. The second-order valence-electron chi connectivity index (χ2n) is 8.07. The molecule has 0 aromatic heterocycles. The average molecular weight is 428 g/mol. The molecule has 0 spiro atoms. The van der Waals surface area contributed by atoms with Crippen molar-refractivity contribution in [3.63, 3.8) is 0 Å². The number of nitrogens with one attached hydrogen (secondary N) is 5. The summed E-state index contributed by atoms with van der Waals surface area (Å²) in [4.78, 5) is 47.7. The van der Waals surface area contributed by atoms with Gasteiger partial charge in [-0.3, -0.25) is 14.4 Å². The highest BCUT2D eigenvalue weighted by atomic mass is 16.2. The molecular weight excluding hydrogens is 386 g/mol. The molecule has 0 unspecified atom stereocenters. The lowest BCUT2D eigenvalue weighted by Gasteiger charge is -2.19. The number of ketones is 1. The van der Waals surface area contributed by atoms with Crippen LogP contribution < -0.4 is 26.6 Å². The van der Waals surface area contributed by atoms with Crippen molar-refractivity contribution in [3.05, 3.63) is 0 Å². The first kappa shape index (κ1) is 28.0. The molecule has 0 aromatic rings. The van der Waals surface area contributed by atoms with Gasteiger partial charge in [0.1, 0.15) is 11.8 Å². The highest BCUT2D eigenvalue weighted by Crippen LogP contribution is 2.02. The van der Waals surface area contributed by atoms with Crippen molar-refractivity contribution in [3.8, 4) is 0 Å². The van der Waals surface area contributed by atoms with E-state index >= 15 is 0 Å². The standard InChI is InChI=1S/C21H41N5O4/c1-15(2)22-11-13-24-19(28)10-9-18(21(30)25-14-12-23-16(3)4)26-20(29)8-6-7-17(5)27/h15-16,18,22-23H,6-14H2,1-5H3,(H,24,28)(H,25,30)(H,26,29)/t18-/m1/s1. The minimum Gasteiger partial charge on any atom is -0.355 e. The largest absolute Gasteiger partial charge is 0.355 e. The number of amides is 3. The molecule has 0 aliphatic heterocycles. The first-order valence-electron chi connectivity index (χ1n) is 10.9. The van der Waals surface area contributed by atoms with Gasteiger partial charge >= 0.3 is 0 Å². The van der Waals surface area contributed by atoms with Crippen molar-refractivity contribution in [2.24, 2.45) is 0 Å². The van der Waals surface area contributed by atoms with E-state index in [-0.39, 0.29) is 42.8 Å². The Morgan fingerprint density at radius 1 is 0.700 bits per heavy atom. The molecule has 0 aromatic carbocycles. The zero-order valence-corrected chi connectivity index (χ0v) is 19.2. The summed E-state index contributed by atoms with van der Waals surface area (Å²) >= 11 is 0. The summed E-state index contributed by atoms with van der Waals surface area (Å²) in [5.74, 6) is -0.739. The number of Topliss-reactive ketones (excluding diaryl/α,β-unsaturated/α-hetero) is 1. The minimum atomic E-state index is -0.784. The predicted molar refractivity (Wildman–Crippen MR) is 118 cm³/mol. The van der Waals surface area contributed by atoms with Gasteiger partial charge in [0.25, 0.3) is 0 Å². The lowest BCUT2D eigenvalue weighted by molar-refractivity contribution is -0.130. The molecule has 5 N–H and O–H groups in total. The molecule has 30 heavy (non-hydrogen) atoms. The van der Waals surface area contributed by atoms with Gasteiger partial charge in [-0.05, 0) is 19.8 Å². The van der Waals surface area contributed by atoms with Crippen LogP contribution in [0.25, 0.3) is 0 Å². The molecule has 0 rings (SSSR count). The lowest BCUT2D eigenvalue weighted by atomic mass is 10.1. The van der Waals surface area contributed by atoms with E-state index in [4.69, 9.17) is 0 Å². The SMILES string of the molecule is CC(=O)CCCC(=O)N[C@H](CCC(=O)NCCNC(C)C)C(=O)NCCNC(C)C. The van der Waals surface area contributed by atoms with E-state index in [1.807, 2.05) is 27.7 Å². The van der Waals surface area contributed by atoms with Gasteiger partial charge < -0.3 is 31.4 Å². The van der Waals surface area contributed by atoms with Crippen molar-refractivity contribution in [2.45, 2.75) is 84.8 Å². The fraction of sp³-hybridized carbons (Fsp3) is 0.810. The first-order valence-corrected chi connectivity index (χ1v) is 10.9. The van der Waals surface area contributed by atoms with Crippen LogP contribution in [0.2, 0.25) is 0 Å². The van der Waals surface area contributed by atoms with E-state index in [1.54, 1.807) is 0 Å². The molecule has 9 nitrogen and oxygen atoms in total. The third kappa shape index (κ3) is 16.9. The highest BCUT2D eigenvalue weighted by Gasteiger charge is 2.21. The molecule has 0 bridgehead atoms. The topological polar surface area (TPSA) is 128 Å². The Labute approximate surface area is 180 Å². The van der Waals surface area contributed by atoms with Crippen molar-refractivity contribution < 1.29 is 19.2 Å². The van der Waals surface area contributed by atoms with Crippen LogP contribution in [0, 0.1) is 0 Å². The summed E-state index contributed by atoms with van der Waals surface area (Å²) < 4.78 is 0. The van der Waals surface area contributed by atoms with Crippen molar-refractivity contribution in [1.29, 1.82) is 0 Å². The molecule has 0 fully saturated rings. The summed E-state index contributed by atoms with van der Waals surface area (Å²) in [5, 5.41) is 14.7. The van der Waals surface area contributed by atoms with Crippen LogP contribution in [0.4, 0.5) is 0 Å². The van der Waals surface area contributed by atoms with E-state index in [1.165, 1.54) is 6.92 Å². The Bertz CT molecular complexity index is 537. The first-order chi connectivity index (χ1) is 14.1. The van der Waals surface area contributed by atoms with Gasteiger partial charge in [0.05, 0.1) is 0 Å². The number of carbonyl (C=O) groups is 4. The number of hydrogen-bond acceptors (Lipinski definition) is 6. The van der Waals surface area contributed by atoms with Crippen LogP contribution in [0.5, 0.6) is 0 Å². The van der Waals surface area contributed by atoms with Crippen molar-refractivity contribution >= 4 is 23.5 Å². The van der Waals surface area contributed by atoms with E-state index in [9.17, 15) is 19.2 Å². The van der Waals surface area contributed by atoms with Gasteiger partial charge in [-0.2, -0.15) is 0 Å². The number of carbonyl (C=O) groups excluding carboxylic acids is 4. The fourth-order valence-corrected chi connectivity index (χ4v) is 2.63. The van der Waals surface area contributed by atoms with Crippen molar-refractivity contribution in [2.75, 3.05) is 26.2 Å². The summed E-state index contributed by atoms with van der Waals surface area (Å²) in [5.41, 5.74) is 0. The molecule has 1 atom stereocenters. The number of rotatable bonds is 17. The summed E-state index contributed by atoms with van der Waals surface area (Å²) in [7, 11) is 0. The van der Waals surface area contributed by atoms with Gasteiger partial charge in [0.2, 0.25) is 17.7 Å². The monoisotopic (exact) mass is 427 g/mol. The van der Waals surface area contributed by atoms with Gasteiger partial charge in [0, 0.05) is 57.5 Å².